The van der Waals surface area contributed by atoms with Gasteiger partial charge in [0.25, 0.3) is 5.69 Å². The van der Waals surface area contributed by atoms with Gasteiger partial charge in [0.1, 0.15) is 0 Å². The van der Waals surface area contributed by atoms with Gasteiger partial charge in [-0.05, 0) is 24.8 Å². The third-order valence-corrected chi connectivity index (χ3v) is 3.94. The summed E-state index contributed by atoms with van der Waals surface area (Å²) in [5.41, 5.74) is 0.713. The van der Waals surface area contributed by atoms with Crippen LogP contribution in [0.2, 0.25) is 0 Å². The number of benzene rings is 1. The number of nitro groups is 1. The molecule has 0 unspecified atom stereocenters. The summed E-state index contributed by atoms with van der Waals surface area (Å²) in [6.45, 7) is 0. The molecule has 1 fully saturated rings. The number of hydrogen-bond acceptors (Lipinski definition) is 4. The highest BCUT2D eigenvalue weighted by Crippen LogP contribution is 2.26. The molecule has 22 heavy (non-hydrogen) atoms. The topological polar surface area (TPSA) is 110 Å². The van der Waals surface area contributed by atoms with E-state index in [0.29, 0.717) is 24.8 Å². The number of carbonyl (C=O) groups is 2. The molecule has 1 amide bonds. The molecule has 1 aliphatic carbocycles. The van der Waals surface area contributed by atoms with Crippen molar-refractivity contribution in [3.05, 3.63) is 39.9 Å². The summed E-state index contributed by atoms with van der Waals surface area (Å²) in [6, 6.07) is 5.86. The molecule has 118 valence electrons. The molecular formula is C15H18N2O5. The van der Waals surface area contributed by atoms with E-state index in [0.717, 1.165) is 6.42 Å². The number of carboxylic acids is 1. The Kier molecular flexibility index (Phi) is 5.08. The van der Waals surface area contributed by atoms with Crippen LogP contribution in [-0.4, -0.2) is 27.9 Å². The molecular weight excluding hydrogens is 288 g/mol. The van der Waals surface area contributed by atoms with E-state index in [1.165, 1.54) is 12.1 Å². The molecule has 1 aromatic carbocycles. The highest BCUT2D eigenvalue weighted by atomic mass is 16.6. The highest BCUT2D eigenvalue weighted by Gasteiger charge is 2.33. The Morgan fingerprint density at radius 1 is 1.36 bits per heavy atom. The molecule has 0 saturated heterocycles. The Bertz CT molecular complexity index is 587. The zero-order valence-electron chi connectivity index (χ0n) is 12.0. The quantitative estimate of drug-likeness (QED) is 0.616. The zero-order chi connectivity index (χ0) is 16.1. The Balaban J connectivity index is 1.86. The fraction of sp³-hybridized carbons (Fsp3) is 0.467. The summed E-state index contributed by atoms with van der Waals surface area (Å²) in [5, 5.41) is 22.5. The summed E-state index contributed by atoms with van der Waals surface area (Å²) < 4.78 is 0. The van der Waals surface area contributed by atoms with Crippen molar-refractivity contribution in [1.29, 1.82) is 0 Å². The van der Waals surface area contributed by atoms with Crippen LogP contribution in [-0.2, 0) is 16.0 Å². The summed E-state index contributed by atoms with van der Waals surface area (Å²) in [4.78, 5) is 33.2. The fourth-order valence-corrected chi connectivity index (χ4v) is 2.79. The van der Waals surface area contributed by atoms with Crippen LogP contribution in [0.25, 0.3) is 0 Å². The smallest absolute Gasteiger partial charge is 0.308 e. The van der Waals surface area contributed by atoms with Gasteiger partial charge in [0.05, 0.1) is 10.8 Å². The van der Waals surface area contributed by atoms with Gasteiger partial charge in [0, 0.05) is 24.6 Å². The zero-order valence-corrected chi connectivity index (χ0v) is 12.0. The third-order valence-electron chi connectivity index (χ3n) is 3.94. The molecule has 0 aromatic heterocycles. The van der Waals surface area contributed by atoms with Gasteiger partial charge in [0.15, 0.2) is 0 Å². The number of nitrogens with one attached hydrogen (secondary N) is 1. The lowest BCUT2D eigenvalue weighted by Crippen LogP contribution is -2.40. The number of hydrogen-bond donors (Lipinski definition) is 2. The lowest BCUT2D eigenvalue weighted by molar-refractivity contribution is -0.384. The molecule has 0 radical (unpaired) electrons. The van der Waals surface area contributed by atoms with Crippen LogP contribution in [0.1, 0.15) is 31.2 Å². The minimum Gasteiger partial charge on any atom is -0.481 e. The number of aryl methyl sites for hydroxylation is 1. The molecule has 1 aromatic rings. The third kappa shape index (κ3) is 4.03. The van der Waals surface area contributed by atoms with Crippen LogP contribution in [0.5, 0.6) is 0 Å². The molecule has 1 saturated carbocycles. The van der Waals surface area contributed by atoms with Gasteiger partial charge in [-0.3, -0.25) is 19.7 Å². The lowest BCUT2D eigenvalue weighted by Gasteiger charge is -2.17. The van der Waals surface area contributed by atoms with E-state index in [4.69, 9.17) is 5.11 Å². The van der Waals surface area contributed by atoms with Crippen molar-refractivity contribution in [3.8, 4) is 0 Å². The van der Waals surface area contributed by atoms with Crippen molar-refractivity contribution in [2.24, 2.45) is 5.92 Å². The number of nitrogens with zero attached hydrogens (tertiary/aromatic N) is 1. The van der Waals surface area contributed by atoms with E-state index in [-0.39, 0.29) is 24.1 Å². The summed E-state index contributed by atoms with van der Waals surface area (Å²) in [5.74, 6) is -1.60. The van der Waals surface area contributed by atoms with Crippen LogP contribution in [0, 0.1) is 16.0 Å². The summed E-state index contributed by atoms with van der Waals surface area (Å²) in [7, 11) is 0. The van der Waals surface area contributed by atoms with Crippen molar-refractivity contribution in [1.82, 2.24) is 5.32 Å². The van der Waals surface area contributed by atoms with Gasteiger partial charge in [-0.1, -0.05) is 18.6 Å². The first kappa shape index (κ1) is 15.9. The molecule has 2 rings (SSSR count). The number of nitro benzene ring substituents is 1. The monoisotopic (exact) mass is 306 g/mol. The second kappa shape index (κ2) is 7.02. The predicted octanol–water partition coefficient (Wildman–Crippen LogP) is 1.90. The summed E-state index contributed by atoms with van der Waals surface area (Å²) in [6.07, 6.45) is 2.64. The molecule has 1 aliphatic rings. The molecule has 7 nitrogen and oxygen atoms in total. The van der Waals surface area contributed by atoms with Crippen LogP contribution in [0.15, 0.2) is 24.3 Å². The predicted molar refractivity (Wildman–Crippen MR) is 78.3 cm³/mol. The fourth-order valence-electron chi connectivity index (χ4n) is 2.79. The van der Waals surface area contributed by atoms with E-state index in [9.17, 15) is 19.7 Å². The van der Waals surface area contributed by atoms with Crippen molar-refractivity contribution >= 4 is 17.6 Å². The molecule has 0 heterocycles. The Morgan fingerprint density at radius 2 is 2.14 bits per heavy atom. The maximum atomic E-state index is 11.9. The van der Waals surface area contributed by atoms with Crippen molar-refractivity contribution < 1.29 is 19.6 Å². The minimum absolute atomic E-state index is 0.000331. The van der Waals surface area contributed by atoms with E-state index in [2.05, 4.69) is 5.32 Å². The van der Waals surface area contributed by atoms with Gasteiger partial charge in [-0.15, -0.1) is 0 Å². The highest BCUT2D eigenvalue weighted by molar-refractivity contribution is 5.78. The average molecular weight is 306 g/mol. The molecule has 0 spiro atoms. The molecule has 0 aliphatic heterocycles. The second-order valence-electron chi connectivity index (χ2n) is 5.48. The van der Waals surface area contributed by atoms with Gasteiger partial charge < -0.3 is 10.4 Å². The van der Waals surface area contributed by atoms with Crippen LogP contribution in [0.3, 0.4) is 0 Å². The number of amides is 1. The molecule has 2 atom stereocenters. The van der Waals surface area contributed by atoms with Crippen LogP contribution < -0.4 is 5.32 Å². The number of non-ortho nitro benzene ring substituents is 1. The summed E-state index contributed by atoms with van der Waals surface area (Å²) >= 11 is 0. The number of carboxylic acid groups (broad SMARTS) is 1. The first-order valence-electron chi connectivity index (χ1n) is 7.23. The largest absolute Gasteiger partial charge is 0.481 e. The van der Waals surface area contributed by atoms with Crippen LogP contribution in [0.4, 0.5) is 5.69 Å². The van der Waals surface area contributed by atoms with Crippen LogP contribution >= 0.6 is 0 Å². The van der Waals surface area contributed by atoms with Gasteiger partial charge in [-0.2, -0.15) is 0 Å². The van der Waals surface area contributed by atoms with Gasteiger partial charge in [-0.25, -0.2) is 0 Å². The maximum absolute atomic E-state index is 11.9. The second-order valence-corrected chi connectivity index (χ2v) is 5.48. The van der Waals surface area contributed by atoms with Crippen molar-refractivity contribution in [3.63, 3.8) is 0 Å². The lowest BCUT2D eigenvalue weighted by atomic mass is 10.0. The Labute approximate surface area is 127 Å². The van der Waals surface area contributed by atoms with E-state index >= 15 is 0 Å². The van der Waals surface area contributed by atoms with E-state index in [1.54, 1.807) is 12.1 Å². The van der Waals surface area contributed by atoms with Crippen molar-refractivity contribution in [2.45, 2.75) is 38.1 Å². The van der Waals surface area contributed by atoms with Gasteiger partial charge in [0.2, 0.25) is 5.91 Å². The molecule has 0 bridgehead atoms. The Hall–Kier alpha value is -2.44. The maximum Gasteiger partial charge on any atom is 0.308 e. The molecule has 7 heteroatoms. The van der Waals surface area contributed by atoms with Gasteiger partial charge >= 0.3 is 5.97 Å². The van der Waals surface area contributed by atoms with Crippen molar-refractivity contribution in [2.75, 3.05) is 0 Å². The standard InChI is InChI=1S/C15H18N2O5/c18-14(16-13-6-2-5-12(13)15(19)20)8-7-10-3-1-4-11(9-10)17(21)22/h1,3-4,9,12-13H,2,5-8H2,(H,16,18)(H,19,20)/t12-,13+/m1/s1. The van der Waals surface area contributed by atoms with E-state index in [1.807, 2.05) is 0 Å². The minimum atomic E-state index is -0.874. The normalized spacial score (nSPS) is 20.5. The molecule has 2 N–H and O–H groups in total. The Morgan fingerprint density at radius 3 is 2.82 bits per heavy atom. The first-order valence-corrected chi connectivity index (χ1v) is 7.23. The number of rotatable bonds is 6. The van der Waals surface area contributed by atoms with E-state index < -0.39 is 16.8 Å². The number of aliphatic carboxylic acids is 1. The SMILES string of the molecule is O=C(CCc1cccc([N+](=O)[O-])c1)N[C@H]1CCC[C@H]1C(=O)O. The number of carbonyl (C=O) groups excluding carboxylic acids is 1. The first-order chi connectivity index (χ1) is 10.5. The average Bonchev–Trinajstić information content (AvgIpc) is 2.93.